The van der Waals surface area contributed by atoms with E-state index >= 15 is 0 Å². The SMILES string of the molecule is CC(=O)c1cncc2ccncc12. The molecule has 0 aliphatic heterocycles. The van der Waals surface area contributed by atoms with Crippen molar-refractivity contribution in [3.05, 3.63) is 36.4 Å². The fourth-order valence-corrected chi connectivity index (χ4v) is 1.29. The number of aromatic nitrogens is 2. The third-order valence-corrected chi connectivity index (χ3v) is 1.94. The molecule has 13 heavy (non-hydrogen) atoms. The molecular formula is C10H8N2O. The van der Waals surface area contributed by atoms with E-state index in [0.717, 1.165) is 10.8 Å². The summed E-state index contributed by atoms with van der Waals surface area (Å²) in [4.78, 5) is 19.2. The maximum atomic E-state index is 11.2. The van der Waals surface area contributed by atoms with Gasteiger partial charge in [-0.1, -0.05) is 0 Å². The Kier molecular flexibility index (Phi) is 1.77. The van der Waals surface area contributed by atoms with Crippen molar-refractivity contribution in [3.63, 3.8) is 0 Å². The molecule has 2 rings (SSSR count). The molecule has 0 atom stereocenters. The molecule has 0 aliphatic rings. The zero-order valence-corrected chi connectivity index (χ0v) is 7.19. The number of rotatable bonds is 1. The fraction of sp³-hybridized carbons (Fsp3) is 0.100. The van der Waals surface area contributed by atoms with Gasteiger partial charge in [-0.3, -0.25) is 14.8 Å². The average Bonchev–Trinajstić information content (AvgIpc) is 2.17. The van der Waals surface area contributed by atoms with Crippen molar-refractivity contribution in [2.45, 2.75) is 6.92 Å². The lowest BCUT2D eigenvalue weighted by Crippen LogP contribution is -1.94. The van der Waals surface area contributed by atoms with Gasteiger partial charge in [-0.2, -0.15) is 0 Å². The predicted molar refractivity (Wildman–Crippen MR) is 49.5 cm³/mol. The molecule has 0 radical (unpaired) electrons. The quantitative estimate of drug-likeness (QED) is 0.616. The van der Waals surface area contributed by atoms with Gasteiger partial charge in [0.2, 0.25) is 0 Å². The highest BCUT2D eigenvalue weighted by molar-refractivity contribution is 6.06. The van der Waals surface area contributed by atoms with Crippen LogP contribution in [0.5, 0.6) is 0 Å². The Labute approximate surface area is 75.4 Å². The zero-order valence-electron chi connectivity index (χ0n) is 7.19. The van der Waals surface area contributed by atoms with Crippen LogP contribution in [0.3, 0.4) is 0 Å². The Morgan fingerprint density at radius 1 is 1.23 bits per heavy atom. The molecule has 0 saturated carbocycles. The van der Waals surface area contributed by atoms with Gasteiger partial charge in [-0.25, -0.2) is 0 Å². The van der Waals surface area contributed by atoms with Crippen molar-refractivity contribution in [2.75, 3.05) is 0 Å². The minimum atomic E-state index is 0.0195. The number of Topliss-reactive ketones (excluding diaryl/α,β-unsaturated/α-hetero) is 1. The van der Waals surface area contributed by atoms with Gasteiger partial charge in [0, 0.05) is 41.1 Å². The maximum Gasteiger partial charge on any atom is 0.162 e. The number of ketones is 1. The molecule has 0 amide bonds. The van der Waals surface area contributed by atoms with Crippen molar-refractivity contribution in [1.29, 1.82) is 0 Å². The summed E-state index contributed by atoms with van der Waals surface area (Å²) in [6, 6.07) is 1.84. The van der Waals surface area contributed by atoms with Crippen molar-refractivity contribution < 1.29 is 4.79 Å². The minimum absolute atomic E-state index is 0.0195. The van der Waals surface area contributed by atoms with Gasteiger partial charge in [-0.05, 0) is 13.0 Å². The van der Waals surface area contributed by atoms with Gasteiger partial charge in [-0.15, -0.1) is 0 Å². The first-order valence-corrected chi connectivity index (χ1v) is 3.97. The van der Waals surface area contributed by atoms with E-state index in [9.17, 15) is 4.79 Å². The fourth-order valence-electron chi connectivity index (χ4n) is 1.29. The van der Waals surface area contributed by atoms with Gasteiger partial charge in [0.15, 0.2) is 5.78 Å². The van der Waals surface area contributed by atoms with Gasteiger partial charge in [0.25, 0.3) is 0 Å². The summed E-state index contributed by atoms with van der Waals surface area (Å²) in [5.41, 5.74) is 0.630. The zero-order chi connectivity index (χ0) is 9.26. The molecule has 3 nitrogen and oxygen atoms in total. The van der Waals surface area contributed by atoms with Crippen LogP contribution in [0, 0.1) is 0 Å². The van der Waals surface area contributed by atoms with Crippen LogP contribution >= 0.6 is 0 Å². The lowest BCUT2D eigenvalue weighted by molar-refractivity contribution is 0.101. The number of carbonyl (C=O) groups is 1. The molecule has 0 bridgehead atoms. The average molecular weight is 172 g/mol. The van der Waals surface area contributed by atoms with Crippen molar-refractivity contribution in [3.8, 4) is 0 Å². The third-order valence-electron chi connectivity index (χ3n) is 1.94. The van der Waals surface area contributed by atoms with Crippen molar-refractivity contribution >= 4 is 16.6 Å². The monoisotopic (exact) mass is 172 g/mol. The van der Waals surface area contributed by atoms with Crippen LogP contribution < -0.4 is 0 Å². The van der Waals surface area contributed by atoms with Crippen molar-refractivity contribution in [2.24, 2.45) is 0 Å². The number of hydrogen-bond donors (Lipinski definition) is 0. The van der Waals surface area contributed by atoms with Gasteiger partial charge < -0.3 is 0 Å². The Balaban J connectivity index is 2.83. The molecule has 64 valence electrons. The Morgan fingerprint density at radius 3 is 2.85 bits per heavy atom. The topological polar surface area (TPSA) is 42.9 Å². The Bertz CT molecular complexity index is 460. The van der Waals surface area contributed by atoms with Gasteiger partial charge in [0.05, 0.1) is 0 Å². The smallest absolute Gasteiger partial charge is 0.162 e. The summed E-state index contributed by atoms with van der Waals surface area (Å²) in [7, 11) is 0. The summed E-state index contributed by atoms with van der Waals surface area (Å²) in [5, 5.41) is 1.81. The first-order chi connectivity index (χ1) is 6.29. The van der Waals surface area contributed by atoms with Crippen LogP contribution in [-0.2, 0) is 0 Å². The first-order valence-electron chi connectivity index (χ1n) is 3.97. The number of nitrogens with zero attached hydrogens (tertiary/aromatic N) is 2. The number of pyridine rings is 2. The molecule has 0 spiro atoms. The molecule has 0 unspecified atom stereocenters. The largest absolute Gasteiger partial charge is 0.294 e. The lowest BCUT2D eigenvalue weighted by atomic mass is 10.1. The van der Waals surface area contributed by atoms with Gasteiger partial charge in [0.1, 0.15) is 0 Å². The molecule has 0 fully saturated rings. The van der Waals surface area contributed by atoms with E-state index in [1.54, 1.807) is 24.8 Å². The minimum Gasteiger partial charge on any atom is -0.294 e. The van der Waals surface area contributed by atoms with E-state index in [1.807, 2.05) is 6.07 Å². The Morgan fingerprint density at radius 2 is 2.08 bits per heavy atom. The van der Waals surface area contributed by atoms with Crippen LogP contribution in [0.1, 0.15) is 17.3 Å². The maximum absolute atomic E-state index is 11.2. The lowest BCUT2D eigenvalue weighted by Gasteiger charge is -2.00. The normalized spacial score (nSPS) is 10.2. The second-order valence-electron chi connectivity index (χ2n) is 2.84. The number of hydrogen-bond acceptors (Lipinski definition) is 3. The van der Waals surface area contributed by atoms with Crippen LogP contribution in [0.15, 0.2) is 30.9 Å². The second kappa shape index (κ2) is 2.94. The molecular weight excluding hydrogens is 164 g/mol. The highest BCUT2D eigenvalue weighted by Gasteiger charge is 2.04. The van der Waals surface area contributed by atoms with E-state index in [-0.39, 0.29) is 5.78 Å². The van der Waals surface area contributed by atoms with Crippen molar-refractivity contribution in [1.82, 2.24) is 9.97 Å². The molecule has 0 saturated heterocycles. The van der Waals surface area contributed by atoms with Crippen LogP contribution in [-0.4, -0.2) is 15.8 Å². The van der Waals surface area contributed by atoms with Crippen LogP contribution in [0.2, 0.25) is 0 Å². The van der Waals surface area contributed by atoms with Crippen LogP contribution in [0.4, 0.5) is 0 Å². The summed E-state index contributed by atoms with van der Waals surface area (Å²) in [6.07, 6.45) is 6.68. The molecule has 0 aliphatic carbocycles. The number of carbonyl (C=O) groups excluding carboxylic acids is 1. The van der Waals surface area contributed by atoms with E-state index < -0.39 is 0 Å². The third kappa shape index (κ3) is 1.28. The number of fused-ring (bicyclic) bond motifs is 1. The van der Waals surface area contributed by atoms with Crippen LogP contribution in [0.25, 0.3) is 10.8 Å². The Hall–Kier alpha value is -1.77. The van der Waals surface area contributed by atoms with E-state index in [4.69, 9.17) is 0 Å². The van der Waals surface area contributed by atoms with E-state index in [1.165, 1.54) is 6.92 Å². The molecule has 2 heterocycles. The molecule has 0 aromatic carbocycles. The van der Waals surface area contributed by atoms with Gasteiger partial charge >= 0.3 is 0 Å². The first kappa shape index (κ1) is 7.86. The highest BCUT2D eigenvalue weighted by atomic mass is 16.1. The summed E-state index contributed by atoms with van der Waals surface area (Å²) in [5.74, 6) is 0.0195. The predicted octanol–water partition coefficient (Wildman–Crippen LogP) is 1.83. The van der Waals surface area contributed by atoms with E-state index in [0.29, 0.717) is 5.56 Å². The summed E-state index contributed by atoms with van der Waals surface area (Å²) >= 11 is 0. The molecule has 3 heteroatoms. The standard InChI is InChI=1S/C10H8N2O/c1-7(13)9-5-12-4-8-2-3-11-6-10(8)9/h2-6H,1H3. The second-order valence-corrected chi connectivity index (χ2v) is 2.84. The summed E-state index contributed by atoms with van der Waals surface area (Å²) < 4.78 is 0. The molecule has 2 aromatic rings. The molecule has 2 aromatic heterocycles. The van der Waals surface area contributed by atoms with E-state index in [2.05, 4.69) is 9.97 Å². The highest BCUT2D eigenvalue weighted by Crippen LogP contribution is 2.15. The summed E-state index contributed by atoms with van der Waals surface area (Å²) in [6.45, 7) is 1.53. The molecule has 0 N–H and O–H groups in total.